The highest BCUT2D eigenvalue weighted by atomic mass is 16.2. The van der Waals surface area contributed by atoms with Gasteiger partial charge in [-0.3, -0.25) is 9.59 Å². The molecule has 0 spiro atoms. The van der Waals surface area contributed by atoms with Gasteiger partial charge in [0.25, 0.3) is 0 Å². The Hall–Kier alpha value is -1.06. The molecule has 0 aromatic heterocycles. The normalized spacial score (nSPS) is 42.6. The van der Waals surface area contributed by atoms with Crippen molar-refractivity contribution >= 4 is 11.8 Å². The van der Waals surface area contributed by atoms with E-state index >= 15 is 0 Å². The van der Waals surface area contributed by atoms with Crippen molar-refractivity contribution in [1.29, 1.82) is 0 Å². The van der Waals surface area contributed by atoms with Crippen molar-refractivity contribution in [3.05, 3.63) is 0 Å². The van der Waals surface area contributed by atoms with E-state index in [0.29, 0.717) is 23.7 Å². The Kier molecular flexibility index (Phi) is 13.5. The maximum absolute atomic E-state index is 13.1. The van der Waals surface area contributed by atoms with Crippen molar-refractivity contribution < 1.29 is 9.59 Å². The second-order valence-electron chi connectivity index (χ2n) is 22.5. The first-order valence-electron chi connectivity index (χ1n) is 23.7. The Bertz CT molecular complexity index is 1140. The maximum Gasteiger partial charge on any atom is 0.220 e. The second-order valence-corrected chi connectivity index (χ2v) is 22.5. The van der Waals surface area contributed by atoms with Crippen molar-refractivity contribution in [2.75, 3.05) is 13.1 Å². The molecule has 2 N–H and O–H groups in total. The van der Waals surface area contributed by atoms with Gasteiger partial charge in [-0.15, -0.1) is 0 Å². The lowest BCUT2D eigenvalue weighted by Crippen LogP contribution is -2.56. The Morgan fingerprint density at radius 1 is 0.528 bits per heavy atom. The Balaban J connectivity index is 0.852. The van der Waals surface area contributed by atoms with E-state index in [1.54, 1.807) is 0 Å². The lowest BCUT2D eigenvalue weighted by Gasteiger charge is -2.62. The SMILES string of the molecule is CC(C)C1CCC2C(CCC3C(C)(CNC(=O)CCCCCCCC(=O)NCC4(C)CCC[C@]5(C)C6CCC(C(C)C)CC6CCC45)CCC[C@@]23C)C1. The number of carbonyl (C=O) groups excluding carboxylic acids is 2. The van der Waals surface area contributed by atoms with Gasteiger partial charge in [0.05, 0.1) is 0 Å². The van der Waals surface area contributed by atoms with Gasteiger partial charge in [0.2, 0.25) is 11.8 Å². The van der Waals surface area contributed by atoms with Crippen LogP contribution < -0.4 is 10.6 Å². The van der Waals surface area contributed by atoms with Crippen molar-refractivity contribution in [3.63, 3.8) is 0 Å². The van der Waals surface area contributed by atoms with Gasteiger partial charge in [-0.2, -0.15) is 0 Å². The summed E-state index contributed by atoms with van der Waals surface area (Å²) in [5.41, 5.74) is 1.40. The molecule has 2 amide bonds. The molecule has 0 radical (unpaired) electrons. The van der Waals surface area contributed by atoms with E-state index in [2.05, 4.69) is 66.0 Å². The molecule has 6 saturated carbocycles. The molecular weight excluding hydrogens is 649 g/mol. The molecule has 4 nitrogen and oxygen atoms in total. The molecule has 0 saturated heterocycles. The number of hydrogen-bond donors (Lipinski definition) is 2. The number of fused-ring (bicyclic) bond motifs is 6. The molecule has 6 fully saturated rings. The highest BCUT2D eigenvalue weighted by Crippen LogP contribution is 2.66. The average Bonchev–Trinajstić information content (AvgIpc) is 3.12. The van der Waals surface area contributed by atoms with Gasteiger partial charge in [-0.05, 0) is 184 Å². The van der Waals surface area contributed by atoms with E-state index in [1.807, 2.05) is 0 Å². The fourth-order valence-corrected chi connectivity index (χ4v) is 15.5. The van der Waals surface area contributed by atoms with Crippen molar-refractivity contribution in [2.45, 2.75) is 203 Å². The monoisotopic (exact) mass is 735 g/mol. The lowest BCUT2D eigenvalue weighted by atomic mass is 9.43. The standard InChI is InChI=1S/C49H86N2O2/c1-34(2)36-18-22-40-38(30-36)20-24-42-46(5,26-14-28-48(40,42)7)32-50-44(52)16-12-10-9-11-13-17-45(53)51-33-47(6)27-15-29-49(8)41-23-19-37(35(3)4)31-39(41)21-25-43(47)49/h34-43H,9-33H2,1-8H3,(H,50,52)(H,51,53)/t36?,37?,38?,39?,40?,41?,42?,43?,46?,47?,48-,49+. The number of hydrogen-bond acceptors (Lipinski definition) is 2. The molecule has 12 atom stereocenters. The van der Waals surface area contributed by atoms with Crippen LogP contribution in [0, 0.1) is 80.8 Å². The molecule has 6 rings (SSSR count). The lowest BCUT2D eigenvalue weighted by molar-refractivity contribution is -0.130. The summed E-state index contributed by atoms with van der Waals surface area (Å²) in [4.78, 5) is 26.1. The Morgan fingerprint density at radius 3 is 1.32 bits per heavy atom. The van der Waals surface area contributed by atoms with Gasteiger partial charge in [0.15, 0.2) is 0 Å². The van der Waals surface area contributed by atoms with Crippen LogP contribution in [0.2, 0.25) is 0 Å². The first-order chi connectivity index (χ1) is 25.2. The molecule has 0 bridgehead atoms. The minimum absolute atomic E-state index is 0.239. The molecule has 53 heavy (non-hydrogen) atoms. The average molecular weight is 735 g/mol. The summed E-state index contributed by atoms with van der Waals surface area (Å²) in [6, 6.07) is 0. The zero-order chi connectivity index (χ0) is 38.0. The van der Waals surface area contributed by atoms with Gasteiger partial charge >= 0.3 is 0 Å². The number of carbonyl (C=O) groups is 2. The van der Waals surface area contributed by atoms with Crippen molar-refractivity contribution in [2.24, 2.45) is 80.8 Å². The van der Waals surface area contributed by atoms with Gasteiger partial charge in [-0.1, -0.05) is 87.5 Å². The highest BCUT2D eigenvalue weighted by molar-refractivity contribution is 5.76. The van der Waals surface area contributed by atoms with Gasteiger partial charge in [-0.25, -0.2) is 0 Å². The third-order valence-electron chi connectivity index (χ3n) is 18.7. The number of rotatable bonds is 14. The molecule has 0 aromatic rings. The third kappa shape index (κ3) is 8.92. The Morgan fingerprint density at radius 2 is 0.925 bits per heavy atom. The summed E-state index contributed by atoms with van der Waals surface area (Å²) in [7, 11) is 0. The van der Waals surface area contributed by atoms with Crippen LogP contribution in [0.4, 0.5) is 0 Å². The summed E-state index contributed by atoms with van der Waals surface area (Å²) in [5, 5.41) is 6.89. The predicted molar refractivity (Wildman–Crippen MR) is 222 cm³/mol. The molecule has 6 aliphatic rings. The topological polar surface area (TPSA) is 58.2 Å². The van der Waals surface area contributed by atoms with Gasteiger partial charge in [0, 0.05) is 25.9 Å². The second kappa shape index (κ2) is 17.2. The summed E-state index contributed by atoms with van der Waals surface area (Å²) in [5.74, 6) is 9.20. The number of nitrogens with one attached hydrogen (secondary N) is 2. The van der Waals surface area contributed by atoms with Crippen LogP contribution >= 0.6 is 0 Å². The quantitative estimate of drug-likeness (QED) is 0.175. The molecule has 6 aliphatic carbocycles. The third-order valence-corrected chi connectivity index (χ3v) is 18.7. The molecule has 4 heteroatoms. The summed E-state index contributed by atoms with van der Waals surface area (Å²) < 4.78 is 0. The largest absolute Gasteiger partial charge is 0.356 e. The first-order valence-corrected chi connectivity index (χ1v) is 23.7. The van der Waals surface area contributed by atoms with Crippen LogP contribution in [0.15, 0.2) is 0 Å². The van der Waals surface area contributed by atoms with E-state index in [9.17, 15) is 9.59 Å². The molecular formula is C49H86N2O2. The van der Waals surface area contributed by atoms with Crippen LogP contribution in [0.1, 0.15) is 203 Å². The van der Waals surface area contributed by atoms with Crippen LogP contribution in [0.25, 0.3) is 0 Å². The number of amides is 2. The van der Waals surface area contributed by atoms with E-state index in [4.69, 9.17) is 0 Å². The van der Waals surface area contributed by atoms with E-state index in [-0.39, 0.29) is 22.6 Å². The Labute approximate surface area is 328 Å². The fraction of sp³-hybridized carbons (Fsp3) is 0.959. The van der Waals surface area contributed by atoms with Crippen molar-refractivity contribution in [3.8, 4) is 0 Å². The van der Waals surface area contributed by atoms with E-state index in [0.717, 1.165) is 104 Å². The fourth-order valence-electron chi connectivity index (χ4n) is 15.5. The summed E-state index contributed by atoms with van der Waals surface area (Å²) in [6.07, 6.45) is 28.8. The maximum atomic E-state index is 13.1. The van der Waals surface area contributed by atoms with E-state index < -0.39 is 0 Å². The number of unbranched alkanes of at least 4 members (excludes halogenated alkanes) is 4. The van der Waals surface area contributed by atoms with Crippen LogP contribution in [0.3, 0.4) is 0 Å². The molecule has 304 valence electrons. The zero-order valence-corrected chi connectivity index (χ0v) is 36.3. The van der Waals surface area contributed by atoms with Crippen LogP contribution in [-0.4, -0.2) is 24.9 Å². The molecule has 0 aromatic carbocycles. The minimum atomic E-state index is 0.239. The summed E-state index contributed by atoms with van der Waals surface area (Å²) in [6.45, 7) is 21.8. The van der Waals surface area contributed by atoms with Gasteiger partial charge < -0.3 is 10.6 Å². The molecule has 0 heterocycles. The minimum Gasteiger partial charge on any atom is -0.356 e. The van der Waals surface area contributed by atoms with Gasteiger partial charge in [0.1, 0.15) is 0 Å². The molecule has 10 unspecified atom stereocenters. The van der Waals surface area contributed by atoms with E-state index in [1.165, 1.54) is 103 Å². The van der Waals surface area contributed by atoms with Crippen LogP contribution in [-0.2, 0) is 9.59 Å². The van der Waals surface area contributed by atoms with Crippen molar-refractivity contribution in [1.82, 2.24) is 10.6 Å². The zero-order valence-electron chi connectivity index (χ0n) is 36.3. The van der Waals surface area contributed by atoms with Crippen LogP contribution in [0.5, 0.6) is 0 Å². The predicted octanol–water partition coefficient (Wildman–Crippen LogP) is 12.5. The first kappa shape index (κ1) is 41.6. The molecule has 0 aliphatic heterocycles. The summed E-state index contributed by atoms with van der Waals surface area (Å²) >= 11 is 0. The highest BCUT2D eigenvalue weighted by Gasteiger charge is 2.58. The smallest absolute Gasteiger partial charge is 0.220 e.